The van der Waals surface area contributed by atoms with Gasteiger partial charge in [0.15, 0.2) is 0 Å². The Bertz CT molecular complexity index is 464. The fourth-order valence-electron chi connectivity index (χ4n) is 1.45. The monoisotopic (exact) mass is 264 g/mol. The SMILES string of the molecule is CNC(=O)Cc1cccc(NC(=O)OC(C)(C)C)c1. The van der Waals surface area contributed by atoms with Gasteiger partial charge in [0.25, 0.3) is 0 Å². The van der Waals surface area contributed by atoms with Gasteiger partial charge in [0.1, 0.15) is 5.60 Å². The third kappa shape index (κ3) is 5.90. The fraction of sp³-hybridized carbons (Fsp3) is 0.429. The van der Waals surface area contributed by atoms with Crippen LogP contribution < -0.4 is 10.6 Å². The molecule has 0 radical (unpaired) electrons. The molecule has 0 heterocycles. The summed E-state index contributed by atoms with van der Waals surface area (Å²) < 4.78 is 5.15. The van der Waals surface area contributed by atoms with E-state index in [4.69, 9.17) is 4.74 Å². The molecule has 0 spiro atoms. The van der Waals surface area contributed by atoms with Gasteiger partial charge >= 0.3 is 6.09 Å². The first-order valence-corrected chi connectivity index (χ1v) is 6.09. The van der Waals surface area contributed by atoms with Gasteiger partial charge in [0.05, 0.1) is 6.42 Å². The van der Waals surface area contributed by atoms with Crippen molar-refractivity contribution in [3.8, 4) is 0 Å². The number of anilines is 1. The van der Waals surface area contributed by atoms with E-state index < -0.39 is 11.7 Å². The average Bonchev–Trinajstić information content (AvgIpc) is 2.26. The summed E-state index contributed by atoms with van der Waals surface area (Å²) >= 11 is 0. The predicted octanol–water partition coefficient (Wildman–Crippen LogP) is 2.32. The molecule has 0 saturated heterocycles. The van der Waals surface area contributed by atoms with Crippen molar-refractivity contribution in [1.82, 2.24) is 5.32 Å². The van der Waals surface area contributed by atoms with Crippen molar-refractivity contribution < 1.29 is 14.3 Å². The van der Waals surface area contributed by atoms with Crippen LogP contribution in [0.4, 0.5) is 10.5 Å². The van der Waals surface area contributed by atoms with Crippen LogP contribution in [0.3, 0.4) is 0 Å². The highest BCUT2D eigenvalue weighted by atomic mass is 16.6. The number of hydrogen-bond donors (Lipinski definition) is 2. The highest BCUT2D eigenvalue weighted by Crippen LogP contribution is 2.14. The van der Waals surface area contributed by atoms with Gasteiger partial charge in [-0.3, -0.25) is 10.1 Å². The number of benzene rings is 1. The second-order valence-corrected chi connectivity index (χ2v) is 5.18. The molecule has 0 bridgehead atoms. The van der Waals surface area contributed by atoms with E-state index in [1.54, 1.807) is 46.0 Å². The lowest BCUT2D eigenvalue weighted by atomic mass is 10.1. The van der Waals surface area contributed by atoms with Gasteiger partial charge in [0.2, 0.25) is 5.91 Å². The van der Waals surface area contributed by atoms with Gasteiger partial charge in [0, 0.05) is 12.7 Å². The van der Waals surface area contributed by atoms with E-state index in [0.717, 1.165) is 5.56 Å². The summed E-state index contributed by atoms with van der Waals surface area (Å²) in [6.45, 7) is 5.40. The second kappa shape index (κ2) is 6.22. The molecule has 5 nitrogen and oxygen atoms in total. The van der Waals surface area contributed by atoms with Crippen molar-refractivity contribution in [3.05, 3.63) is 29.8 Å². The second-order valence-electron chi connectivity index (χ2n) is 5.18. The number of carbonyl (C=O) groups excluding carboxylic acids is 2. The van der Waals surface area contributed by atoms with Crippen LogP contribution in [-0.2, 0) is 16.0 Å². The summed E-state index contributed by atoms with van der Waals surface area (Å²) in [5.74, 6) is -0.0746. The molecule has 0 fully saturated rings. The van der Waals surface area contributed by atoms with Crippen molar-refractivity contribution in [3.63, 3.8) is 0 Å². The number of likely N-dealkylation sites (N-methyl/N-ethyl adjacent to an activating group) is 1. The summed E-state index contributed by atoms with van der Waals surface area (Å²) in [5, 5.41) is 5.19. The number of hydrogen-bond acceptors (Lipinski definition) is 3. The summed E-state index contributed by atoms with van der Waals surface area (Å²) in [5.41, 5.74) is 0.896. The van der Waals surface area contributed by atoms with E-state index in [2.05, 4.69) is 10.6 Å². The van der Waals surface area contributed by atoms with Gasteiger partial charge < -0.3 is 10.1 Å². The first kappa shape index (κ1) is 15.0. The van der Waals surface area contributed by atoms with Gasteiger partial charge in [-0.05, 0) is 38.5 Å². The summed E-state index contributed by atoms with van der Waals surface area (Å²) in [7, 11) is 1.59. The van der Waals surface area contributed by atoms with Crippen LogP contribution in [-0.4, -0.2) is 24.6 Å². The maximum atomic E-state index is 11.6. The maximum Gasteiger partial charge on any atom is 0.412 e. The molecule has 0 aromatic heterocycles. The zero-order chi connectivity index (χ0) is 14.5. The molecule has 19 heavy (non-hydrogen) atoms. The van der Waals surface area contributed by atoms with Gasteiger partial charge in [-0.2, -0.15) is 0 Å². The van der Waals surface area contributed by atoms with Crippen molar-refractivity contribution in [2.45, 2.75) is 32.8 Å². The molecule has 0 atom stereocenters. The molecule has 2 amide bonds. The molecular formula is C14H20N2O3. The van der Waals surface area contributed by atoms with E-state index in [1.807, 2.05) is 6.07 Å². The Hall–Kier alpha value is -2.04. The molecule has 5 heteroatoms. The normalized spacial score (nSPS) is 10.7. The number of amides is 2. The molecule has 1 aromatic rings. The van der Waals surface area contributed by atoms with Crippen LogP contribution in [0.5, 0.6) is 0 Å². The fourth-order valence-corrected chi connectivity index (χ4v) is 1.45. The van der Waals surface area contributed by atoms with E-state index in [0.29, 0.717) is 5.69 Å². The molecule has 0 unspecified atom stereocenters. The Kier molecular flexibility index (Phi) is 4.92. The van der Waals surface area contributed by atoms with Gasteiger partial charge in [-0.15, -0.1) is 0 Å². The first-order valence-electron chi connectivity index (χ1n) is 6.09. The van der Waals surface area contributed by atoms with Crippen molar-refractivity contribution in [2.75, 3.05) is 12.4 Å². The molecule has 2 N–H and O–H groups in total. The first-order chi connectivity index (χ1) is 8.80. The van der Waals surface area contributed by atoms with Crippen LogP contribution in [0.15, 0.2) is 24.3 Å². The van der Waals surface area contributed by atoms with Crippen molar-refractivity contribution in [2.24, 2.45) is 0 Å². The van der Waals surface area contributed by atoms with Crippen LogP contribution in [0.1, 0.15) is 26.3 Å². The molecular weight excluding hydrogens is 244 g/mol. The lowest BCUT2D eigenvalue weighted by Crippen LogP contribution is -2.27. The Morgan fingerprint density at radius 2 is 1.95 bits per heavy atom. The molecule has 0 saturated carbocycles. The number of ether oxygens (including phenoxy) is 1. The summed E-state index contributed by atoms with van der Waals surface area (Å²) in [4.78, 5) is 22.9. The Labute approximate surface area is 113 Å². The molecule has 0 aliphatic rings. The van der Waals surface area contributed by atoms with Crippen LogP contribution in [0, 0.1) is 0 Å². The molecule has 1 rings (SSSR count). The van der Waals surface area contributed by atoms with Gasteiger partial charge in [-0.25, -0.2) is 4.79 Å². The van der Waals surface area contributed by atoms with E-state index in [1.165, 1.54) is 0 Å². The number of nitrogens with one attached hydrogen (secondary N) is 2. The predicted molar refractivity (Wildman–Crippen MR) is 74.1 cm³/mol. The lowest BCUT2D eigenvalue weighted by molar-refractivity contribution is -0.119. The highest BCUT2D eigenvalue weighted by Gasteiger charge is 2.16. The molecule has 1 aromatic carbocycles. The van der Waals surface area contributed by atoms with Crippen molar-refractivity contribution in [1.29, 1.82) is 0 Å². The van der Waals surface area contributed by atoms with Crippen molar-refractivity contribution >= 4 is 17.7 Å². The topological polar surface area (TPSA) is 67.4 Å². The van der Waals surface area contributed by atoms with E-state index in [-0.39, 0.29) is 12.3 Å². The zero-order valence-corrected chi connectivity index (χ0v) is 11.7. The minimum atomic E-state index is -0.538. The molecule has 0 aliphatic heterocycles. The van der Waals surface area contributed by atoms with Crippen LogP contribution in [0.2, 0.25) is 0 Å². The number of rotatable bonds is 3. The highest BCUT2D eigenvalue weighted by molar-refractivity contribution is 5.85. The quantitative estimate of drug-likeness (QED) is 0.880. The molecule has 0 aliphatic carbocycles. The zero-order valence-electron chi connectivity index (χ0n) is 11.7. The largest absolute Gasteiger partial charge is 0.444 e. The lowest BCUT2D eigenvalue weighted by Gasteiger charge is -2.19. The minimum absolute atomic E-state index is 0.0746. The van der Waals surface area contributed by atoms with E-state index >= 15 is 0 Å². The van der Waals surface area contributed by atoms with Crippen LogP contribution in [0.25, 0.3) is 0 Å². The van der Waals surface area contributed by atoms with Crippen LogP contribution >= 0.6 is 0 Å². The Balaban J connectivity index is 2.67. The average molecular weight is 264 g/mol. The summed E-state index contributed by atoms with van der Waals surface area (Å²) in [6, 6.07) is 7.11. The number of carbonyl (C=O) groups is 2. The minimum Gasteiger partial charge on any atom is -0.444 e. The van der Waals surface area contributed by atoms with Gasteiger partial charge in [-0.1, -0.05) is 12.1 Å². The maximum absolute atomic E-state index is 11.6. The third-order valence-electron chi connectivity index (χ3n) is 2.22. The Morgan fingerprint density at radius 1 is 1.26 bits per heavy atom. The third-order valence-corrected chi connectivity index (χ3v) is 2.22. The molecule has 104 valence electrons. The van der Waals surface area contributed by atoms with E-state index in [9.17, 15) is 9.59 Å². The Morgan fingerprint density at radius 3 is 2.53 bits per heavy atom. The standard InChI is InChI=1S/C14H20N2O3/c1-14(2,3)19-13(18)16-11-7-5-6-10(8-11)9-12(17)15-4/h5-8H,9H2,1-4H3,(H,15,17)(H,16,18). The summed E-state index contributed by atoms with van der Waals surface area (Å²) in [6.07, 6.45) is -0.232. The smallest absolute Gasteiger partial charge is 0.412 e.